The number of nitrogens with zero attached hydrogens (tertiary/aromatic N) is 1. The van der Waals surface area contributed by atoms with E-state index in [-0.39, 0.29) is 23.8 Å². The summed E-state index contributed by atoms with van der Waals surface area (Å²) in [6.07, 6.45) is 0.730. The average molecular weight is 255 g/mol. The highest BCUT2D eigenvalue weighted by Crippen LogP contribution is 2.32. The van der Waals surface area contributed by atoms with Crippen LogP contribution in [-0.2, 0) is 14.3 Å². The maximum atomic E-state index is 12.0. The fourth-order valence-electron chi connectivity index (χ4n) is 2.67. The molecule has 2 heterocycles. The summed E-state index contributed by atoms with van der Waals surface area (Å²) in [6.45, 7) is 7.77. The third-order valence-corrected chi connectivity index (χ3v) is 3.47. The summed E-state index contributed by atoms with van der Waals surface area (Å²) in [7, 11) is 0. The van der Waals surface area contributed by atoms with Crippen LogP contribution in [0.1, 0.15) is 20.8 Å². The number of rotatable bonds is 1. The van der Waals surface area contributed by atoms with Gasteiger partial charge in [-0.25, -0.2) is 4.79 Å². The molecular weight excluding hydrogens is 234 g/mol. The molecule has 2 bridgehead atoms. The van der Waals surface area contributed by atoms with Gasteiger partial charge < -0.3 is 19.2 Å². The maximum absolute atomic E-state index is 12.0. The van der Waals surface area contributed by atoms with Gasteiger partial charge in [0.25, 0.3) is 0 Å². The van der Waals surface area contributed by atoms with Gasteiger partial charge in [-0.2, -0.15) is 0 Å². The monoisotopic (exact) mass is 255 g/mol. The standard InChI is InChI=1S/C13H21NO4/c1-13(2,3)18-12(16)14-4-9-7-17-8-10(5-14)11(9)6-15/h6,9-11H,4-5,7-8H2,1-3H3/t9-,10+,11?. The highest BCUT2D eigenvalue weighted by molar-refractivity contribution is 5.69. The van der Waals surface area contributed by atoms with Crippen molar-refractivity contribution in [3.05, 3.63) is 0 Å². The fraction of sp³-hybridized carbons (Fsp3) is 0.846. The van der Waals surface area contributed by atoms with Crippen LogP contribution in [0.15, 0.2) is 0 Å². The van der Waals surface area contributed by atoms with Gasteiger partial charge >= 0.3 is 6.09 Å². The van der Waals surface area contributed by atoms with Gasteiger partial charge in [-0.3, -0.25) is 0 Å². The molecule has 2 aliphatic rings. The van der Waals surface area contributed by atoms with Gasteiger partial charge in [0.1, 0.15) is 11.9 Å². The maximum Gasteiger partial charge on any atom is 0.410 e. The van der Waals surface area contributed by atoms with Crippen LogP contribution < -0.4 is 0 Å². The van der Waals surface area contributed by atoms with Crippen molar-refractivity contribution in [3.63, 3.8) is 0 Å². The Kier molecular flexibility index (Phi) is 3.61. The van der Waals surface area contributed by atoms with Crippen molar-refractivity contribution in [2.45, 2.75) is 26.4 Å². The van der Waals surface area contributed by atoms with Crippen molar-refractivity contribution >= 4 is 12.4 Å². The molecule has 0 aromatic rings. The predicted octanol–water partition coefficient (Wildman–Crippen LogP) is 1.31. The van der Waals surface area contributed by atoms with E-state index in [1.54, 1.807) is 4.90 Å². The van der Waals surface area contributed by atoms with E-state index in [1.807, 2.05) is 20.8 Å². The lowest BCUT2D eigenvalue weighted by atomic mass is 9.77. The second-order valence-electron chi connectivity index (χ2n) is 6.16. The molecule has 0 aromatic heterocycles. The Hall–Kier alpha value is -1.10. The predicted molar refractivity (Wildman–Crippen MR) is 65.2 cm³/mol. The quantitative estimate of drug-likeness (QED) is 0.663. The molecule has 0 saturated carbocycles. The summed E-state index contributed by atoms with van der Waals surface area (Å²) in [5, 5.41) is 0. The Bertz CT molecular complexity index is 322. The minimum absolute atomic E-state index is 0.0254. The minimum Gasteiger partial charge on any atom is -0.444 e. The zero-order valence-electron chi connectivity index (χ0n) is 11.2. The van der Waals surface area contributed by atoms with E-state index >= 15 is 0 Å². The van der Waals surface area contributed by atoms with Crippen LogP contribution in [0.3, 0.4) is 0 Å². The third-order valence-electron chi connectivity index (χ3n) is 3.47. The normalized spacial score (nSPS) is 31.9. The first-order valence-electron chi connectivity index (χ1n) is 6.41. The second kappa shape index (κ2) is 4.88. The van der Waals surface area contributed by atoms with Crippen molar-refractivity contribution < 1.29 is 19.1 Å². The lowest BCUT2D eigenvalue weighted by Crippen LogP contribution is -2.55. The minimum atomic E-state index is -0.482. The van der Waals surface area contributed by atoms with E-state index in [2.05, 4.69) is 0 Å². The highest BCUT2D eigenvalue weighted by Gasteiger charge is 2.42. The topological polar surface area (TPSA) is 55.8 Å². The summed E-state index contributed by atoms with van der Waals surface area (Å²) >= 11 is 0. The lowest BCUT2D eigenvalue weighted by Gasteiger charge is -2.44. The van der Waals surface area contributed by atoms with Crippen molar-refractivity contribution in [1.29, 1.82) is 0 Å². The smallest absolute Gasteiger partial charge is 0.410 e. The van der Waals surface area contributed by atoms with Crippen molar-refractivity contribution in [3.8, 4) is 0 Å². The number of carbonyl (C=O) groups excluding carboxylic acids is 2. The number of hydrogen-bond donors (Lipinski definition) is 0. The third kappa shape index (κ3) is 2.83. The molecule has 0 radical (unpaired) electrons. The van der Waals surface area contributed by atoms with E-state index in [1.165, 1.54) is 0 Å². The molecule has 5 heteroatoms. The first-order chi connectivity index (χ1) is 8.40. The fourth-order valence-corrected chi connectivity index (χ4v) is 2.67. The number of hydrogen-bond acceptors (Lipinski definition) is 4. The summed E-state index contributed by atoms with van der Waals surface area (Å²) in [5.74, 6) is 0.252. The summed E-state index contributed by atoms with van der Waals surface area (Å²) in [4.78, 5) is 24.8. The first-order valence-corrected chi connectivity index (χ1v) is 6.41. The van der Waals surface area contributed by atoms with Crippen LogP contribution >= 0.6 is 0 Å². The first kappa shape index (κ1) is 13.3. The van der Waals surface area contributed by atoms with E-state index in [0.29, 0.717) is 26.3 Å². The average Bonchev–Trinajstić information content (AvgIpc) is 2.24. The SMILES string of the molecule is CC(C)(C)OC(=O)N1C[C@H]2COC[C@@H](C1)C2C=O. The van der Waals surface area contributed by atoms with Gasteiger partial charge in [0.15, 0.2) is 0 Å². The van der Waals surface area contributed by atoms with Crippen molar-refractivity contribution in [2.75, 3.05) is 26.3 Å². The second-order valence-corrected chi connectivity index (χ2v) is 6.16. The van der Waals surface area contributed by atoms with Gasteiger partial charge in [0.05, 0.1) is 13.2 Å². The molecule has 0 aliphatic carbocycles. The highest BCUT2D eigenvalue weighted by atomic mass is 16.6. The molecule has 2 saturated heterocycles. The molecule has 18 heavy (non-hydrogen) atoms. The van der Waals surface area contributed by atoms with E-state index in [0.717, 1.165) is 6.29 Å². The molecule has 5 nitrogen and oxygen atoms in total. The number of ether oxygens (including phenoxy) is 2. The van der Waals surface area contributed by atoms with Crippen LogP contribution in [0, 0.1) is 17.8 Å². The zero-order chi connectivity index (χ0) is 13.3. The Balaban J connectivity index is 2.01. The number of fused-ring (bicyclic) bond motifs is 2. The Labute approximate surface area is 107 Å². The van der Waals surface area contributed by atoms with Crippen LogP contribution in [0.2, 0.25) is 0 Å². The summed E-state index contributed by atoms with van der Waals surface area (Å²) < 4.78 is 10.8. The molecule has 0 N–H and O–H groups in total. The van der Waals surface area contributed by atoms with E-state index in [4.69, 9.17) is 9.47 Å². The lowest BCUT2D eigenvalue weighted by molar-refractivity contribution is -0.129. The van der Waals surface area contributed by atoms with Crippen LogP contribution in [0.5, 0.6) is 0 Å². The zero-order valence-corrected chi connectivity index (χ0v) is 11.2. The molecule has 1 unspecified atom stereocenters. The van der Waals surface area contributed by atoms with Gasteiger partial charge in [-0.05, 0) is 20.8 Å². The van der Waals surface area contributed by atoms with Gasteiger partial charge in [-0.1, -0.05) is 0 Å². The number of piperidine rings is 1. The Morgan fingerprint density at radius 1 is 1.28 bits per heavy atom. The van der Waals surface area contributed by atoms with E-state index < -0.39 is 5.60 Å². The summed E-state index contributed by atoms with van der Waals surface area (Å²) in [6, 6.07) is 0. The van der Waals surface area contributed by atoms with Crippen LogP contribution in [0.25, 0.3) is 0 Å². The summed E-state index contributed by atoms with van der Waals surface area (Å²) in [5.41, 5.74) is -0.482. The number of carbonyl (C=O) groups is 2. The number of amides is 1. The number of likely N-dealkylation sites (tertiary alicyclic amines) is 1. The Morgan fingerprint density at radius 3 is 2.28 bits per heavy atom. The van der Waals surface area contributed by atoms with Crippen LogP contribution in [-0.4, -0.2) is 49.2 Å². The molecule has 2 rings (SSSR count). The van der Waals surface area contributed by atoms with Gasteiger partial charge in [-0.15, -0.1) is 0 Å². The molecule has 0 spiro atoms. The molecule has 1 amide bonds. The molecular formula is C13H21NO4. The Morgan fingerprint density at radius 2 is 1.83 bits per heavy atom. The molecule has 102 valence electrons. The molecule has 2 fully saturated rings. The van der Waals surface area contributed by atoms with Crippen molar-refractivity contribution in [2.24, 2.45) is 17.8 Å². The molecule has 0 aromatic carbocycles. The molecule has 2 aliphatic heterocycles. The van der Waals surface area contributed by atoms with Crippen LogP contribution in [0.4, 0.5) is 4.79 Å². The van der Waals surface area contributed by atoms with E-state index in [9.17, 15) is 9.59 Å². The number of aldehydes is 1. The van der Waals surface area contributed by atoms with Gasteiger partial charge in [0, 0.05) is 30.8 Å². The van der Waals surface area contributed by atoms with Crippen molar-refractivity contribution in [1.82, 2.24) is 4.90 Å². The molecule has 3 atom stereocenters. The largest absolute Gasteiger partial charge is 0.444 e. The van der Waals surface area contributed by atoms with Gasteiger partial charge in [0.2, 0.25) is 0 Å².